The molecule has 26 heavy (non-hydrogen) atoms. The molecule has 6 nitrogen and oxygen atoms in total. The number of para-hydroxylation sites is 2. The minimum atomic E-state index is -3.93. The minimum Gasteiger partial charge on any atom is -0.320 e. The van der Waals surface area contributed by atoms with Crippen LogP contribution >= 0.6 is 0 Å². The summed E-state index contributed by atoms with van der Waals surface area (Å²) in [5, 5.41) is 2.66. The normalized spacial score (nSPS) is 11.0. The number of hydrogen-bond donors (Lipinski definition) is 2. The van der Waals surface area contributed by atoms with E-state index in [2.05, 4.69) is 15.0 Å². The number of amides is 1. The van der Waals surface area contributed by atoms with E-state index in [1.807, 2.05) is 0 Å². The molecule has 3 rings (SSSR count). The highest BCUT2D eigenvalue weighted by Gasteiger charge is 2.17. The summed E-state index contributed by atoms with van der Waals surface area (Å²) in [6.07, 6.45) is 2.97. The number of hydrogen-bond acceptors (Lipinski definition) is 4. The second-order valence-corrected chi connectivity index (χ2v) is 6.98. The summed E-state index contributed by atoms with van der Waals surface area (Å²) >= 11 is 0. The van der Waals surface area contributed by atoms with Crippen LogP contribution in [0.1, 0.15) is 10.4 Å². The average molecular weight is 371 g/mol. The number of anilines is 2. The van der Waals surface area contributed by atoms with Crippen molar-refractivity contribution in [1.29, 1.82) is 0 Å². The third-order valence-electron chi connectivity index (χ3n) is 3.49. The quantitative estimate of drug-likeness (QED) is 0.720. The van der Waals surface area contributed by atoms with Crippen LogP contribution in [0.25, 0.3) is 0 Å². The van der Waals surface area contributed by atoms with E-state index in [0.717, 1.165) is 24.3 Å². The lowest BCUT2D eigenvalue weighted by atomic mass is 10.2. The van der Waals surface area contributed by atoms with Crippen molar-refractivity contribution in [2.45, 2.75) is 4.90 Å². The lowest BCUT2D eigenvalue weighted by Crippen LogP contribution is -2.17. The van der Waals surface area contributed by atoms with Gasteiger partial charge in [-0.2, -0.15) is 0 Å². The predicted octanol–water partition coefficient (Wildman–Crippen LogP) is 3.27. The van der Waals surface area contributed by atoms with Gasteiger partial charge in [0.05, 0.1) is 16.3 Å². The molecule has 0 bridgehead atoms. The van der Waals surface area contributed by atoms with Crippen LogP contribution in [0.4, 0.5) is 15.8 Å². The predicted molar refractivity (Wildman–Crippen MR) is 95.8 cm³/mol. The van der Waals surface area contributed by atoms with E-state index in [0.29, 0.717) is 11.3 Å². The number of aromatic nitrogens is 1. The summed E-state index contributed by atoms with van der Waals surface area (Å²) in [5.74, 6) is -0.935. The number of halogens is 1. The maximum atomic E-state index is 13.0. The van der Waals surface area contributed by atoms with Gasteiger partial charge in [-0.05, 0) is 48.5 Å². The molecule has 8 heteroatoms. The van der Waals surface area contributed by atoms with Crippen LogP contribution in [0.5, 0.6) is 0 Å². The third kappa shape index (κ3) is 4.04. The Hall–Kier alpha value is -3.26. The van der Waals surface area contributed by atoms with Gasteiger partial charge >= 0.3 is 0 Å². The second kappa shape index (κ2) is 7.32. The number of carbonyl (C=O) groups excluding carboxylic acids is 1. The van der Waals surface area contributed by atoms with Crippen molar-refractivity contribution in [2.75, 3.05) is 10.0 Å². The van der Waals surface area contributed by atoms with Gasteiger partial charge in [0, 0.05) is 18.0 Å². The zero-order chi connectivity index (χ0) is 18.6. The lowest BCUT2D eigenvalue weighted by Gasteiger charge is -2.13. The van der Waals surface area contributed by atoms with E-state index in [9.17, 15) is 17.6 Å². The summed E-state index contributed by atoms with van der Waals surface area (Å²) in [4.78, 5) is 16.0. The first-order valence-electron chi connectivity index (χ1n) is 7.54. The molecule has 0 saturated heterocycles. The molecule has 2 aromatic carbocycles. The largest absolute Gasteiger partial charge is 0.320 e. The first-order chi connectivity index (χ1) is 12.5. The summed E-state index contributed by atoms with van der Waals surface area (Å²) in [6.45, 7) is 0. The Labute approximate surface area is 149 Å². The van der Waals surface area contributed by atoms with Crippen LogP contribution < -0.4 is 10.0 Å². The molecular formula is C18H14FN3O3S. The number of benzene rings is 2. The van der Waals surface area contributed by atoms with Gasteiger partial charge in [-0.1, -0.05) is 12.1 Å². The van der Waals surface area contributed by atoms with Crippen molar-refractivity contribution in [1.82, 2.24) is 4.98 Å². The van der Waals surface area contributed by atoms with Crippen molar-refractivity contribution in [3.63, 3.8) is 0 Å². The van der Waals surface area contributed by atoms with E-state index in [4.69, 9.17) is 0 Å². The van der Waals surface area contributed by atoms with Gasteiger partial charge in [-0.3, -0.25) is 14.5 Å². The summed E-state index contributed by atoms with van der Waals surface area (Å²) in [7, 11) is -3.93. The minimum absolute atomic E-state index is 0.0887. The Balaban J connectivity index is 1.85. The molecule has 2 N–H and O–H groups in total. The Morgan fingerprint density at radius 2 is 1.50 bits per heavy atom. The van der Waals surface area contributed by atoms with Gasteiger partial charge in [0.15, 0.2) is 0 Å². The monoisotopic (exact) mass is 371 g/mol. The van der Waals surface area contributed by atoms with Crippen molar-refractivity contribution in [2.24, 2.45) is 0 Å². The maximum absolute atomic E-state index is 13.0. The number of pyridine rings is 1. The van der Waals surface area contributed by atoms with Crippen LogP contribution in [0, 0.1) is 5.82 Å². The molecule has 0 aliphatic carbocycles. The molecule has 3 aromatic rings. The average Bonchev–Trinajstić information content (AvgIpc) is 2.64. The molecule has 0 fully saturated rings. The summed E-state index contributed by atoms with van der Waals surface area (Å²) in [6, 6.07) is 13.9. The number of sulfonamides is 1. The van der Waals surface area contributed by atoms with Crippen molar-refractivity contribution in [3.8, 4) is 0 Å². The number of nitrogens with one attached hydrogen (secondary N) is 2. The van der Waals surface area contributed by atoms with Gasteiger partial charge in [0.1, 0.15) is 5.82 Å². The molecule has 1 heterocycles. The van der Waals surface area contributed by atoms with E-state index in [1.54, 1.807) is 30.3 Å². The van der Waals surface area contributed by atoms with Crippen molar-refractivity contribution < 1.29 is 17.6 Å². The highest BCUT2D eigenvalue weighted by Crippen LogP contribution is 2.25. The van der Waals surface area contributed by atoms with E-state index in [1.165, 1.54) is 18.5 Å². The lowest BCUT2D eigenvalue weighted by molar-refractivity contribution is 0.102. The van der Waals surface area contributed by atoms with E-state index in [-0.39, 0.29) is 10.6 Å². The van der Waals surface area contributed by atoms with Crippen molar-refractivity contribution >= 4 is 27.3 Å². The van der Waals surface area contributed by atoms with Gasteiger partial charge in [0.2, 0.25) is 0 Å². The highest BCUT2D eigenvalue weighted by molar-refractivity contribution is 7.92. The van der Waals surface area contributed by atoms with Crippen LogP contribution in [-0.4, -0.2) is 19.3 Å². The summed E-state index contributed by atoms with van der Waals surface area (Å²) in [5.41, 5.74) is 0.871. The topological polar surface area (TPSA) is 88.2 Å². The molecule has 1 aromatic heterocycles. The molecule has 0 aliphatic rings. The van der Waals surface area contributed by atoms with Crippen LogP contribution in [-0.2, 0) is 10.0 Å². The Kier molecular flexibility index (Phi) is 4.94. The molecule has 0 aliphatic heterocycles. The fourth-order valence-electron chi connectivity index (χ4n) is 2.20. The van der Waals surface area contributed by atoms with Gasteiger partial charge in [0.25, 0.3) is 15.9 Å². The second-order valence-electron chi connectivity index (χ2n) is 5.30. The van der Waals surface area contributed by atoms with Crippen molar-refractivity contribution in [3.05, 3.63) is 84.4 Å². The van der Waals surface area contributed by atoms with Crippen LogP contribution in [0.15, 0.2) is 78.0 Å². The molecule has 0 unspecified atom stereocenters. The first-order valence-corrected chi connectivity index (χ1v) is 9.03. The number of carbonyl (C=O) groups is 1. The number of nitrogens with zero attached hydrogens (tertiary/aromatic N) is 1. The molecule has 0 radical (unpaired) electrons. The fourth-order valence-corrected chi connectivity index (χ4v) is 3.28. The Bertz CT molecular complexity index is 1020. The summed E-state index contributed by atoms with van der Waals surface area (Å²) < 4.78 is 40.3. The molecule has 132 valence electrons. The van der Waals surface area contributed by atoms with E-state index >= 15 is 0 Å². The molecule has 1 amide bonds. The smallest absolute Gasteiger partial charge is 0.261 e. The molecular weight excluding hydrogens is 357 g/mol. The third-order valence-corrected chi connectivity index (χ3v) is 4.87. The molecule has 0 saturated carbocycles. The maximum Gasteiger partial charge on any atom is 0.261 e. The SMILES string of the molecule is O=C(Nc1ccccc1NS(=O)(=O)c1ccc(F)cc1)c1ccncc1. The first kappa shape index (κ1) is 17.6. The molecule has 0 atom stereocenters. The van der Waals surface area contributed by atoms with Gasteiger partial charge in [-0.25, -0.2) is 12.8 Å². The zero-order valence-electron chi connectivity index (χ0n) is 13.4. The van der Waals surface area contributed by atoms with Crippen LogP contribution in [0.3, 0.4) is 0 Å². The van der Waals surface area contributed by atoms with Crippen LogP contribution in [0.2, 0.25) is 0 Å². The highest BCUT2D eigenvalue weighted by atomic mass is 32.2. The fraction of sp³-hybridized carbons (Fsp3) is 0. The molecule has 0 spiro atoms. The van der Waals surface area contributed by atoms with Gasteiger partial charge in [-0.15, -0.1) is 0 Å². The van der Waals surface area contributed by atoms with Gasteiger partial charge < -0.3 is 5.32 Å². The standard InChI is InChI=1S/C18H14FN3O3S/c19-14-5-7-15(8-6-14)26(24,25)22-17-4-2-1-3-16(17)21-18(23)13-9-11-20-12-10-13/h1-12,22H,(H,21,23). The Morgan fingerprint density at radius 1 is 0.885 bits per heavy atom. The Morgan fingerprint density at radius 3 is 2.15 bits per heavy atom. The van der Waals surface area contributed by atoms with E-state index < -0.39 is 21.7 Å². The number of rotatable bonds is 5. The zero-order valence-corrected chi connectivity index (χ0v) is 14.2.